The highest BCUT2D eigenvalue weighted by Gasteiger charge is 2.20. The average Bonchev–Trinajstić information content (AvgIpc) is 2.92. The van der Waals surface area contributed by atoms with Crippen molar-refractivity contribution in [1.82, 2.24) is 4.98 Å². The number of rotatable bonds is 3. The summed E-state index contributed by atoms with van der Waals surface area (Å²) in [6, 6.07) is 12.0. The van der Waals surface area contributed by atoms with Crippen LogP contribution in [-0.4, -0.2) is 21.8 Å². The van der Waals surface area contributed by atoms with Gasteiger partial charge in [0.05, 0.1) is 5.56 Å². The van der Waals surface area contributed by atoms with Crippen molar-refractivity contribution in [3.63, 3.8) is 0 Å². The maximum atomic E-state index is 12.7. The number of fused-ring (bicyclic) bond motifs is 1. The fourth-order valence-corrected chi connectivity index (χ4v) is 2.56. The lowest BCUT2D eigenvalue weighted by molar-refractivity contribution is 0.0693. The number of carboxylic acid groups (broad SMARTS) is 1. The molecule has 0 amide bonds. The molecule has 0 unspecified atom stereocenters. The first kappa shape index (κ1) is 13.1. The number of H-pyrrole nitrogens is 1. The highest BCUT2D eigenvalue weighted by Crippen LogP contribution is 2.25. The number of ketones is 1. The molecule has 21 heavy (non-hydrogen) atoms. The number of nitrogens with one attached hydrogen (secondary N) is 1. The van der Waals surface area contributed by atoms with Crippen LogP contribution in [0.3, 0.4) is 0 Å². The smallest absolute Gasteiger partial charge is 0.336 e. The van der Waals surface area contributed by atoms with Gasteiger partial charge in [0, 0.05) is 28.2 Å². The zero-order valence-corrected chi connectivity index (χ0v) is 11.4. The van der Waals surface area contributed by atoms with Crippen LogP contribution in [0.15, 0.2) is 48.7 Å². The van der Waals surface area contributed by atoms with E-state index in [0.29, 0.717) is 5.56 Å². The molecule has 2 N–H and O–H groups in total. The maximum Gasteiger partial charge on any atom is 0.336 e. The molecule has 4 nitrogen and oxygen atoms in total. The van der Waals surface area contributed by atoms with Crippen molar-refractivity contribution in [2.75, 3.05) is 0 Å². The van der Waals surface area contributed by atoms with Crippen LogP contribution in [0, 0.1) is 6.92 Å². The second-order valence-corrected chi connectivity index (χ2v) is 4.88. The van der Waals surface area contributed by atoms with E-state index >= 15 is 0 Å². The number of benzene rings is 2. The number of hydrogen-bond donors (Lipinski definition) is 2. The van der Waals surface area contributed by atoms with Crippen molar-refractivity contribution in [3.8, 4) is 0 Å². The molecule has 0 aliphatic rings. The number of carbonyl (C=O) groups is 2. The fraction of sp³-hybridized carbons (Fsp3) is 0.0588. The fourth-order valence-electron chi connectivity index (χ4n) is 2.56. The molecule has 104 valence electrons. The van der Waals surface area contributed by atoms with E-state index in [2.05, 4.69) is 4.98 Å². The third kappa shape index (κ3) is 2.10. The minimum absolute atomic E-state index is 0.0189. The van der Waals surface area contributed by atoms with Crippen molar-refractivity contribution in [1.29, 1.82) is 0 Å². The van der Waals surface area contributed by atoms with E-state index in [0.717, 1.165) is 16.5 Å². The molecule has 4 heteroatoms. The van der Waals surface area contributed by atoms with Gasteiger partial charge in [0.1, 0.15) is 0 Å². The second kappa shape index (κ2) is 4.90. The van der Waals surface area contributed by atoms with Crippen molar-refractivity contribution in [3.05, 3.63) is 70.9 Å². The summed E-state index contributed by atoms with van der Waals surface area (Å²) < 4.78 is 0. The normalized spacial score (nSPS) is 10.7. The third-order valence-electron chi connectivity index (χ3n) is 3.56. The summed E-state index contributed by atoms with van der Waals surface area (Å²) in [7, 11) is 0. The molecule has 1 heterocycles. The minimum Gasteiger partial charge on any atom is -0.478 e. The number of hydrogen-bond acceptors (Lipinski definition) is 2. The van der Waals surface area contributed by atoms with Gasteiger partial charge in [0.2, 0.25) is 0 Å². The van der Waals surface area contributed by atoms with Crippen LogP contribution in [-0.2, 0) is 0 Å². The van der Waals surface area contributed by atoms with Crippen molar-refractivity contribution in [2.45, 2.75) is 6.92 Å². The van der Waals surface area contributed by atoms with Gasteiger partial charge in [0.25, 0.3) is 0 Å². The van der Waals surface area contributed by atoms with Crippen LogP contribution in [0.1, 0.15) is 31.8 Å². The van der Waals surface area contributed by atoms with E-state index in [1.54, 1.807) is 24.4 Å². The van der Waals surface area contributed by atoms with Crippen LogP contribution in [0.25, 0.3) is 10.9 Å². The minimum atomic E-state index is -1.10. The van der Waals surface area contributed by atoms with E-state index in [1.165, 1.54) is 6.07 Å². The molecule has 3 rings (SSSR count). The molecule has 0 radical (unpaired) electrons. The van der Waals surface area contributed by atoms with Gasteiger partial charge in [-0.2, -0.15) is 0 Å². The summed E-state index contributed by atoms with van der Waals surface area (Å²) >= 11 is 0. The molecule has 0 aliphatic heterocycles. The molecule has 0 saturated heterocycles. The predicted octanol–water partition coefficient (Wildman–Crippen LogP) is 3.41. The Labute approximate surface area is 121 Å². The van der Waals surface area contributed by atoms with Gasteiger partial charge in [-0.05, 0) is 24.6 Å². The van der Waals surface area contributed by atoms with Crippen molar-refractivity contribution < 1.29 is 14.7 Å². The van der Waals surface area contributed by atoms with Crippen molar-refractivity contribution >= 4 is 22.7 Å². The Morgan fingerprint density at radius 1 is 0.952 bits per heavy atom. The van der Waals surface area contributed by atoms with Gasteiger partial charge < -0.3 is 10.1 Å². The molecule has 2 aromatic carbocycles. The van der Waals surface area contributed by atoms with Crippen LogP contribution < -0.4 is 0 Å². The first-order chi connectivity index (χ1) is 10.1. The Bertz CT molecular complexity index is 861. The molecule has 1 aromatic heterocycles. The molecule has 0 atom stereocenters. The van der Waals surface area contributed by atoms with Gasteiger partial charge in [-0.15, -0.1) is 0 Å². The molecule has 0 saturated carbocycles. The molecular weight excluding hydrogens is 266 g/mol. The summed E-state index contributed by atoms with van der Waals surface area (Å²) in [6.07, 6.45) is 1.64. The number of aryl methyl sites for hydroxylation is 1. The van der Waals surface area contributed by atoms with Gasteiger partial charge in [-0.3, -0.25) is 4.79 Å². The monoisotopic (exact) mass is 279 g/mol. The largest absolute Gasteiger partial charge is 0.478 e. The molecular formula is C17H13NO3. The topological polar surface area (TPSA) is 70.2 Å². The van der Waals surface area contributed by atoms with E-state index in [-0.39, 0.29) is 16.9 Å². The van der Waals surface area contributed by atoms with E-state index < -0.39 is 5.97 Å². The lowest BCUT2D eigenvalue weighted by Crippen LogP contribution is -2.09. The average molecular weight is 279 g/mol. The first-order valence-corrected chi connectivity index (χ1v) is 6.53. The Morgan fingerprint density at radius 3 is 2.38 bits per heavy atom. The lowest BCUT2D eigenvalue weighted by atomic mass is 9.96. The first-order valence-electron chi connectivity index (χ1n) is 6.53. The van der Waals surface area contributed by atoms with Crippen molar-refractivity contribution in [2.24, 2.45) is 0 Å². The third-order valence-corrected chi connectivity index (χ3v) is 3.56. The SMILES string of the molecule is Cc1cccc2[nH]cc(C(=O)c3ccccc3C(=O)O)c12. The zero-order valence-electron chi connectivity index (χ0n) is 11.4. The second-order valence-electron chi connectivity index (χ2n) is 4.88. The van der Waals surface area contributed by atoms with Gasteiger partial charge >= 0.3 is 5.97 Å². The molecule has 3 aromatic rings. The van der Waals surface area contributed by atoms with Gasteiger partial charge in [0.15, 0.2) is 5.78 Å². The van der Waals surface area contributed by atoms with Crippen LogP contribution >= 0.6 is 0 Å². The lowest BCUT2D eigenvalue weighted by Gasteiger charge is -2.05. The highest BCUT2D eigenvalue weighted by molar-refractivity contribution is 6.20. The summed E-state index contributed by atoms with van der Waals surface area (Å²) in [6.45, 7) is 1.93. The number of aromatic amines is 1. The number of carboxylic acids is 1. The summed E-state index contributed by atoms with van der Waals surface area (Å²) in [5, 5.41) is 10.1. The number of aromatic nitrogens is 1. The quantitative estimate of drug-likeness (QED) is 0.722. The summed E-state index contributed by atoms with van der Waals surface area (Å²) in [5.74, 6) is -1.39. The maximum absolute atomic E-state index is 12.7. The van der Waals surface area contributed by atoms with Gasteiger partial charge in [-0.25, -0.2) is 4.79 Å². The molecule has 0 fully saturated rings. The summed E-state index contributed by atoms with van der Waals surface area (Å²) in [4.78, 5) is 27.0. The van der Waals surface area contributed by atoms with Gasteiger partial charge in [-0.1, -0.05) is 30.3 Å². The van der Waals surface area contributed by atoms with Crippen LogP contribution in [0.2, 0.25) is 0 Å². The van der Waals surface area contributed by atoms with E-state index in [4.69, 9.17) is 0 Å². The number of aromatic carboxylic acids is 1. The van der Waals surface area contributed by atoms with Crippen LogP contribution in [0.5, 0.6) is 0 Å². The Kier molecular flexibility index (Phi) is 3.06. The highest BCUT2D eigenvalue weighted by atomic mass is 16.4. The molecule has 0 aliphatic carbocycles. The standard InChI is InChI=1S/C17H13NO3/c1-10-5-4-8-14-15(10)13(9-18-14)16(19)11-6-2-3-7-12(11)17(20)21/h2-9,18H,1H3,(H,20,21). The number of carbonyl (C=O) groups excluding carboxylic acids is 1. The summed E-state index contributed by atoms with van der Waals surface area (Å²) in [5.41, 5.74) is 2.56. The molecule has 0 bridgehead atoms. The molecule has 0 spiro atoms. The Hall–Kier alpha value is -2.88. The zero-order chi connectivity index (χ0) is 15.0. The Morgan fingerprint density at radius 2 is 1.67 bits per heavy atom. The Balaban J connectivity index is 2.20. The van der Waals surface area contributed by atoms with E-state index in [1.807, 2.05) is 25.1 Å². The van der Waals surface area contributed by atoms with E-state index in [9.17, 15) is 14.7 Å². The predicted molar refractivity (Wildman–Crippen MR) is 79.9 cm³/mol. The van der Waals surface area contributed by atoms with Crippen LogP contribution in [0.4, 0.5) is 0 Å².